The van der Waals surface area contributed by atoms with E-state index in [1.54, 1.807) is 20.2 Å². The molecule has 4 fully saturated rings. The van der Waals surface area contributed by atoms with Gasteiger partial charge in [-0.05, 0) is 74.3 Å². The maximum absolute atomic E-state index is 14.9. The molecular weight excluding hydrogens is 753 g/mol. The van der Waals surface area contributed by atoms with Gasteiger partial charge < -0.3 is 35.1 Å². The fraction of sp³-hybridized carbons (Fsp3) is 0.634. The van der Waals surface area contributed by atoms with Crippen molar-refractivity contribution in [3.8, 4) is 11.5 Å². The van der Waals surface area contributed by atoms with Crippen molar-refractivity contribution in [3.05, 3.63) is 36.4 Å². The Bertz CT molecular complexity index is 2030. The summed E-state index contributed by atoms with van der Waals surface area (Å²) in [7, 11) is -0.528. The summed E-state index contributed by atoms with van der Waals surface area (Å²) >= 11 is 0. The third-order valence-electron chi connectivity index (χ3n) is 12.4. The van der Waals surface area contributed by atoms with Crippen LogP contribution in [0.5, 0.6) is 11.5 Å². The standard InChI is InChI=1S/C41H56N6O9S/c1-6-26-21-41(26,38(50)46-57(52,53)28-14-15-28)45-36(48)31-18-27-22-47(31)37(49)35(24-11-8-7-9-12-24)44-39(51)55-23-40(2,3)16-10-13-25-17-29-30(19-32(25)54-5)43-34(42-4)20-33(29)56-27/h6,17,19-20,24,26-28,31,35H,1,7-16,18,21-23H2,2-5H3,(H,42,43)(H,44,51)(H,45,48)(H,46,50)/t26-,27+,31-,35-,41?/m0/s1. The van der Waals surface area contributed by atoms with Crippen LogP contribution in [0.4, 0.5) is 10.6 Å². The molecule has 5 aliphatic rings. The lowest BCUT2D eigenvalue weighted by Crippen LogP contribution is -2.59. The van der Waals surface area contributed by atoms with Crippen LogP contribution in [0.25, 0.3) is 10.9 Å². The van der Waals surface area contributed by atoms with Gasteiger partial charge in [-0.15, -0.1) is 6.58 Å². The molecule has 1 saturated heterocycles. The number of aryl methyl sites for hydroxylation is 1. The van der Waals surface area contributed by atoms with Crippen molar-refractivity contribution in [2.75, 3.05) is 32.6 Å². The Morgan fingerprint density at radius 2 is 1.84 bits per heavy atom. The molecule has 16 heteroatoms. The van der Waals surface area contributed by atoms with Crippen LogP contribution in [0.15, 0.2) is 30.9 Å². The van der Waals surface area contributed by atoms with Crippen LogP contribution in [0.2, 0.25) is 0 Å². The van der Waals surface area contributed by atoms with E-state index in [-0.39, 0.29) is 37.3 Å². The van der Waals surface area contributed by atoms with Gasteiger partial charge in [-0.25, -0.2) is 18.2 Å². The molecule has 2 aromatic rings. The quantitative estimate of drug-likeness (QED) is 0.264. The SMILES string of the molecule is C=C[C@H]1CC1(NC(=O)[C@@H]1C[C@@H]2CN1C(=O)[C@H](C1CCCCC1)NC(=O)OCC(C)(C)CCCc1cc3c(cc(NC)nc3cc1OC)O2)C(=O)NS(=O)(=O)C1CC1. The van der Waals surface area contributed by atoms with Crippen LogP contribution in [0, 0.1) is 17.3 Å². The zero-order valence-electron chi connectivity index (χ0n) is 33.4. The van der Waals surface area contributed by atoms with Crippen molar-refractivity contribution in [1.82, 2.24) is 25.2 Å². The molecule has 7 rings (SSSR count). The topological polar surface area (TPSA) is 194 Å². The number of alkyl carbamates (subject to hydrolysis) is 1. The molecule has 15 nitrogen and oxygen atoms in total. The number of anilines is 1. The molecule has 0 spiro atoms. The molecule has 3 aliphatic carbocycles. The van der Waals surface area contributed by atoms with E-state index in [4.69, 9.17) is 19.2 Å². The second-order valence-electron chi connectivity index (χ2n) is 17.2. The Labute approximate surface area is 334 Å². The molecular formula is C41H56N6O9S. The Morgan fingerprint density at radius 1 is 1.09 bits per heavy atom. The number of hydrogen-bond acceptors (Lipinski definition) is 11. The number of hydrogen-bond donors (Lipinski definition) is 4. The predicted octanol–water partition coefficient (Wildman–Crippen LogP) is 4.34. The van der Waals surface area contributed by atoms with Crippen molar-refractivity contribution < 1.29 is 41.8 Å². The molecule has 1 aromatic heterocycles. The number of carbonyl (C=O) groups excluding carboxylic acids is 4. The highest BCUT2D eigenvalue weighted by Crippen LogP contribution is 2.46. The maximum atomic E-state index is 14.9. The summed E-state index contributed by atoms with van der Waals surface area (Å²) in [5, 5.41) is 8.96. The van der Waals surface area contributed by atoms with Crippen LogP contribution in [-0.2, 0) is 35.6 Å². The van der Waals surface area contributed by atoms with Crippen LogP contribution < -0.4 is 30.1 Å². The van der Waals surface area contributed by atoms with E-state index < -0.39 is 68.7 Å². The number of sulfonamides is 1. The molecule has 0 radical (unpaired) electrons. The Kier molecular flexibility index (Phi) is 11.4. The van der Waals surface area contributed by atoms with Crippen molar-refractivity contribution in [2.45, 2.75) is 120 Å². The van der Waals surface area contributed by atoms with Crippen LogP contribution in [0.3, 0.4) is 0 Å². The number of aromatic nitrogens is 1. The molecule has 1 unspecified atom stereocenters. The molecule has 57 heavy (non-hydrogen) atoms. The fourth-order valence-corrected chi connectivity index (χ4v) is 10.1. The molecule has 2 aliphatic heterocycles. The summed E-state index contributed by atoms with van der Waals surface area (Å²) < 4.78 is 46.1. The van der Waals surface area contributed by atoms with Gasteiger partial charge in [0.15, 0.2) is 0 Å². The van der Waals surface area contributed by atoms with Gasteiger partial charge in [-0.1, -0.05) is 39.2 Å². The number of nitrogens with zero attached hydrogens (tertiary/aromatic N) is 2. The molecule has 4 bridgehead atoms. The maximum Gasteiger partial charge on any atom is 0.407 e. The summed E-state index contributed by atoms with van der Waals surface area (Å²) in [4.78, 5) is 62.8. The van der Waals surface area contributed by atoms with E-state index in [1.807, 2.05) is 26.0 Å². The first-order chi connectivity index (χ1) is 27.2. The van der Waals surface area contributed by atoms with E-state index in [0.29, 0.717) is 54.9 Å². The smallest absolute Gasteiger partial charge is 0.407 e. The number of methoxy groups -OCH3 is 1. The molecule has 1 aromatic carbocycles. The first kappa shape index (κ1) is 40.6. The third-order valence-corrected chi connectivity index (χ3v) is 14.2. The number of nitrogens with one attached hydrogen (secondary N) is 4. The number of ether oxygens (including phenoxy) is 3. The van der Waals surface area contributed by atoms with Crippen molar-refractivity contribution in [3.63, 3.8) is 0 Å². The highest BCUT2D eigenvalue weighted by molar-refractivity contribution is 7.91. The van der Waals surface area contributed by atoms with E-state index >= 15 is 0 Å². The zero-order chi connectivity index (χ0) is 40.7. The Balaban J connectivity index is 1.26. The number of fused-ring (bicyclic) bond motifs is 3. The van der Waals surface area contributed by atoms with E-state index in [2.05, 4.69) is 27.3 Å². The van der Waals surface area contributed by atoms with Crippen LogP contribution in [0.1, 0.15) is 90.0 Å². The highest BCUT2D eigenvalue weighted by Gasteiger charge is 2.62. The average molecular weight is 809 g/mol. The number of cyclic esters (lactones) is 1. The number of rotatable bonds is 9. The van der Waals surface area contributed by atoms with Gasteiger partial charge in [0, 0.05) is 36.9 Å². The third kappa shape index (κ3) is 8.65. The minimum atomic E-state index is -3.90. The Morgan fingerprint density at radius 3 is 2.51 bits per heavy atom. The number of amides is 4. The minimum absolute atomic E-state index is 0.00571. The lowest BCUT2D eigenvalue weighted by atomic mass is 9.83. The van der Waals surface area contributed by atoms with Gasteiger partial charge in [0.2, 0.25) is 21.8 Å². The summed E-state index contributed by atoms with van der Waals surface area (Å²) in [6, 6.07) is 3.60. The lowest BCUT2D eigenvalue weighted by molar-refractivity contribution is -0.142. The van der Waals surface area contributed by atoms with Crippen LogP contribution in [-0.4, -0.2) is 98.4 Å². The molecule has 4 N–H and O–H groups in total. The Hall–Kier alpha value is -4.60. The summed E-state index contributed by atoms with van der Waals surface area (Å²) in [5.74, 6) is -0.854. The molecule has 310 valence electrons. The molecule has 4 amide bonds. The largest absolute Gasteiger partial charge is 0.496 e. The first-order valence-electron chi connectivity index (χ1n) is 20.3. The van der Waals surface area contributed by atoms with Gasteiger partial charge in [0.25, 0.3) is 5.91 Å². The second kappa shape index (κ2) is 16.0. The molecule has 3 heterocycles. The van der Waals surface area contributed by atoms with Crippen molar-refractivity contribution in [1.29, 1.82) is 0 Å². The van der Waals surface area contributed by atoms with Gasteiger partial charge in [-0.2, -0.15) is 0 Å². The number of pyridine rings is 1. The highest BCUT2D eigenvalue weighted by atomic mass is 32.2. The van der Waals surface area contributed by atoms with Gasteiger partial charge >= 0.3 is 6.09 Å². The van der Waals surface area contributed by atoms with Crippen molar-refractivity contribution in [2.24, 2.45) is 17.3 Å². The van der Waals surface area contributed by atoms with E-state index in [0.717, 1.165) is 43.1 Å². The number of benzene rings is 1. The lowest BCUT2D eigenvalue weighted by Gasteiger charge is -2.35. The summed E-state index contributed by atoms with van der Waals surface area (Å²) in [6.07, 6.45) is 7.76. The minimum Gasteiger partial charge on any atom is -0.496 e. The molecule has 3 saturated carbocycles. The predicted molar refractivity (Wildman–Crippen MR) is 213 cm³/mol. The zero-order valence-corrected chi connectivity index (χ0v) is 34.2. The van der Waals surface area contributed by atoms with Gasteiger partial charge in [0.05, 0.1) is 31.0 Å². The average Bonchev–Trinajstić information content (AvgIpc) is 4.12. The normalized spacial score (nSPS) is 28.2. The summed E-state index contributed by atoms with van der Waals surface area (Å²) in [6.45, 7) is 8.03. The van der Waals surface area contributed by atoms with Crippen LogP contribution >= 0.6 is 0 Å². The summed E-state index contributed by atoms with van der Waals surface area (Å²) in [5.41, 5.74) is -0.323. The van der Waals surface area contributed by atoms with E-state index in [1.165, 1.54) is 11.0 Å². The first-order valence-corrected chi connectivity index (χ1v) is 21.8. The van der Waals surface area contributed by atoms with E-state index in [9.17, 15) is 27.6 Å². The monoisotopic (exact) mass is 808 g/mol. The van der Waals surface area contributed by atoms with Crippen molar-refractivity contribution >= 4 is 50.6 Å². The number of carbonyl (C=O) groups is 4. The molecule has 5 atom stereocenters. The van der Waals surface area contributed by atoms with Gasteiger partial charge in [-0.3, -0.25) is 19.1 Å². The second-order valence-corrected chi connectivity index (χ2v) is 19.2. The van der Waals surface area contributed by atoms with Gasteiger partial charge in [0.1, 0.15) is 41.0 Å². The fourth-order valence-electron chi connectivity index (χ4n) is 8.74.